The highest BCUT2D eigenvalue weighted by atomic mass is 32.2. The SMILES string of the molecule is Cc1ccc(S(=O)(=O)N2CCN(Cc3ccccc3)CCN(S(=O)(=O)c3ccc(C)cc3)CCN(S(=O)(=O)c3ccc(C)cc3)CC2)cc1. The Hall–Kier alpha value is -3.43. The summed E-state index contributed by atoms with van der Waals surface area (Å²) in [4.78, 5) is 2.36. The highest BCUT2D eigenvalue weighted by molar-refractivity contribution is 7.89. The van der Waals surface area contributed by atoms with Gasteiger partial charge in [0.15, 0.2) is 0 Å². The molecule has 1 fully saturated rings. The Balaban J connectivity index is 1.54. The van der Waals surface area contributed by atoms with E-state index in [1.54, 1.807) is 60.7 Å². The molecule has 49 heavy (non-hydrogen) atoms. The van der Waals surface area contributed by atoms with Gasteiger partial charge in [0.25, 0.3) is 0 Å². The van der Waals surface area contributed by atoms with Crippen molar-refractivity contribution < 1.29 is 25.3 Å². The lowest BCUT2D eigenvalue weighted by Crippen LogP contribution is -2.49. The molecule has 1 aliphatic rings. The number of hydrogen-bond donors (Lipinski definition) is 0. The largest absolute Gasteiger partial charge is 0.296 e. The van der Waals surface area contributed by atoms with E-state index in [-0.39, 0.29) is 54.0 Å². The minimum absolute atomic E-state index is 0.0557. The van der Waals surface area contributed by atoms with E-state index in [0.717, 1.165) is 22.3 Å². The molecule has 13 heteroatoms. The van der Waals surface area contributed by atoms with Crippen LogP contribution in [0.15, 0.2) is 118 Å². The number of nitrogens with zero attached hydrogens (tertiary/aromatic N) is 4. The van der Waals surface area contributed by atoms with E-state index in [0.29, 0.717) is 19.6 Å². The van der Waals surface area contributed by atoms with Crippen LogP contribution in [-0.4, -0.2) is 95.4 Å². The summed E-state index contributed by atoms with van der Waals surface area (Å²) in [7, 11) is -12.1. The molecule has 1 saturated heterocycles. The highest BCUT2D eigenvalue weighted by Crippen LogP contribution is 2.22. The third-order valence-corrected chi connectivity index (χ3v) is 14.5. The lowest BCUT2D eigenvalue weighted by Gasteiger charge is -2.33. The molecular weight excluding hydrogens is 681 g/mol. The standard InChI is InChI=1S/C36H44N4O6S3/c1-30-9-15-34(16-10-30)47(41,42)38-23-21-37(29-33-7-5-4-6-8-33)22-24-39(48(43,44)35-17-11-31(2)12-18-35)26-28-40(27-25-38)49(45,46)36-19-13-32(3)14-20-36/h4-20H,21-29H2,1-3H3. The minimum Gasteiger partial charge on any atom is -0.296 e. The summed E-state index contributed by atoms with van der Waals surface area (Å²) in [5, 5.41) is 0. The van der Waals surface area contributed by atoms with Crippen LogP contribution in [0.5, 0.6) is 0 Å². The summed E-state index contributed by atoms with van der Waals surface area (Å²) in [5.74, 6) is 0. The van der Waals surface area contributed by atoms with Gasteiger partial charge in [-0.25, -0.2) is 25.3 Å². The van der Waals surface area contributed by atoms with Gasteiger partial charge in [0, 0.05) is 58.9 Å². The molecule has 262 valence electrons. The van der Waals surface area contributed by atoms with Crippen LogP contribution in [0.2, 0.25) is 0 Å². The van der Waals surface area contributed by atoms with Crippen molar-refractivity contribution in [3.05, 3.63) is 125 Å². The molecule has 0 aromatic heterocycles. The molecule has 0 N–H and O–H groups in total. The minimum atomic E-state index is -4.12. The van der Waals surface area contributed by atoms with Crippen molar-refractivity contribution in [2.24, 2.45) is 0 Å². The van der Waals surface area contributed by atoms with Gasteiger partial charge in [-0.15, -0.1) is 0 Å². The molecule has 0 saturated carbocycles. The van der Waals surface area contributed by atoms with Gasteiger partial charge < -0.3 is 0 Å². The predicted molar refractivity (Wildman–Crippen MR) is 192 cm³/mol. The summed E-state index contributed by atoms with van der Waals surface area (Å²) < 4.78 is 88.3. The van der Waals surface area contributed by atoms with Gasteiger partial charge in [-0.2, -0.15) is 12.9 Å². The van der Waals surface area contributed by atoms with Crippen LogP contribution in [0.4, 0.5) is 0 Å². The van der Waals surface area contributed by atoms with E-state index in [1.165, 1.54) is 25.0 Å². The van der Waals surface area contributed by atoms with Gasteiger partial charge in [-0.3, -0.25) is 4.90 Å². The van der Waals surface area contributed by atoms with E-state index in [9.17, 15) is 25.3 Å². The third-order valence-electron chi connectivity index (χ3n) is 8.75. The second-order valence-electron chi connectivity index (χ2n) is 12.4. The average molecular weight is 725 g/mol. The molecule has 0 amide bonds. The average Bonchev–Trinajstić information content (AvgIpc) is 3.07. The van der Waals surface area contributed by atoms with Gasteiger partial charge in [0.2, 0.25) is 30.1 Å². The van der Waals surface area contributed by atoms with Crippen LogP contribution in [0, 0.1) is 20.8 Å². The molecule has 1 aliphatic heterocycles. The Labute approximate surface area is 291 Å². The van der Waals surface area contributed by atoms with Crippen LogP contribution in [-0.2, 0) is 36.6 Å². The lowest BCUT2D eigenvalue weighted by atomic mass is 10.2. The Kier molecular flexibility index (Phi) is 11.8. The molecule has 5 rings (SSSR count). The Morgan fingerprint density at radius 1 is 0.408 bits per heavy atom. The van der Waals surface area contributed by atoms with Crippen LogP contribution in [0.3, 0.4) is 0 Å². The number of rotatable bonds is 8. The summed E-state index contributed by atoms with van der Waals surface area (Å²) in [6.07, 6.45) is 0. The first kappa shape index (κ1) is 36.8. The maximum atomic E-state index is 14.1. The fourth-order valence-corrected chi connectivity index (χ4v) is 9.96. The molecule has 0 unspecified atom stereocenters. The van der Waals surface area contributed by atoms with Crippen LogP contribution >= 0.6 is 0 Å². The van der Waals surface area contributed by atoms with E-state index in [4.69, 9.17) is 0 Å². The summed E-state index contributed by atoms with van der Waals surface area (Å²) in [5.41, 5.74) is 3.73. The van der Waals surface area contributed by atoms with Crippen molar-refractivity contribution in [3.8, 4) is 0 Å². The zero-order chi connectivity index (χ0) is 35.2. The van der Waals surface area contributed by atoms with Crippen molar-refractivity contribution in [3.63, 3.8) is 0 Å². The smallest absolute Gasteiger partial charge is 0.243 e. The van der Waals surface area contributed by atoms with E-state index >= 15 is 0 Å². The molecule has 0 spiro atoms. The molecular formula is C36H44N4O6S3. The second kappa shape index (κ2) is 15.6. The first-order valence-corrected chi connectivity index (χ1v) is 20.6. The van der Waals surface area contributed by atoms with Crippen molar-refractivity contribution in [1.82, 2.24) is 17.8 Å². The first-order chi connectivity index (χ1) is 23.3. The zero-order valence-electron chi connectivity index (χ0n) is 28.1. The Bertz CT molecular complexity index is 1930. The Morgan fingerprint density at radius 3 is 1.00 bits per heavy atom. The van der Waals surface area contributed by atoms with E-state index in [1.807, 2.05) is 56.0 Å². The second-order valence-corrected chi connectivity index (χ2v) is 18.2. The predicted octanol–water partition coefficient (Wildman–Crippen LogP) is 4.50. The van der Waals surface area contributed by atoms with Gasteiger partial charge in [0.1, 0.15) is 0 Å². The molecule has 10 nitrogen and oxygen atoms in total. The molecule has 1 heterocycles. The van der Waals surface area contributed by atoms with Crippen LogP contribution < -0.4 is 0 Å². The van der Waals surface area contributed by atoms with Crippen molar-refractivity contribution in [2.75, 3.05) is 52.4 Å². The van der Waals surface area contributed by atoms with E-state index in [2.05, 4.69) is 0 Å². The first-order valence-electron chi connectivity index (χ1n) is 16.2. The normalized spacial score (nSPS) is 17.3. The maximum Gasteiger partial charge on any atom is 0.243 e. The van der Waals surface area contributed by atoms with Crippen LogP contribution in [0.1, 0.15) is 22.3 Å². The quantitative estimate of drug-likeness (QED) is 0.263. The summed E-state index contributed by atoms with van der Waals surface area (Å²) >= 11 is 0. The topological polar surface area (TPSA) is 115 Å². The molecule has 0 radical (unpaired) electrons. The number of sulfonamides is 3. The van der Waals surface area contributed by atoms with Gasteiger partial charge in [-0.05, 0) is 62.7 Å². The van der Waals surface area contributed by atoms with Gasteiger partial charge in [0.05, 0.1) is 14.7 Å². The van der Waals surface area contributed by atoms with Crippen molar-refractivity contribution >= 4 is 30.1 Å². The third kappa shape index (κ3) is 9.03. The molecule has 4 aromatic carbocycles. The highest BCUT2D eigenvalue weighted by Gasteiger charge is 2.33. The fourth-order valence-electron chi connectivity index (χ4n) is 5.70. The van der Waals surface area contributed by atoms with E-state index < -0.39 is 30.1 Å². The molecule has 0 bridgehead atoms. The van der Waals surface area contributed by atoms with Crippen molar-refractivity contribution in [1.29, 1.82) is 0 Å². The monoisotopic (exact) mass is 724 g/mol. The van der Waals surface area contributed by atoms with Crippen molar-refractivity contribution in [2.45, 2.75) is 42.0 Å². The molecule has 0 atom stereocenters. The fraction of sp³-hybridized carbons (Fsp3) is 0.333. The number of aryl methyl sites for hydroxylation is 3. The van der Waals surface area contributed by atoms with Gasteiger partial charge in [-0.1, -0.05) is 83.4 Å². The van der Waals surface area contributed by atoms with Crippen LogP contribution in [0.25, 0.3) is 0 Å². The number of hydrogen-bond acceptors (Lipinski definition) is 7. The molecule has 0 aliphatic carbocycles. The number of benzene rings is 4. The summed E-state index contributed by atoms with van der Waals surface area (Å²) in [6.45, 7) is 6.26. The Morgan fingerprint density at radius 2 is 0.694 bits per heavy atom. The maximum absolute atomic E-state index is 14.1. The van der Waals surface area contributed by atoms with Gasteiger partial charge >= 0.3 is 0 Å². The molecule has 4 aromatic rings. The zero-order valence-corrected chi connectivity index (χ0v) is 30.6. The lowest BCUT2D eigenvalue weighted by molar-refractivity contribution is 0.209. The summed E-state index contributed by atoms with van der Waals surface area (Å²) in [6, 6.07) is 29.4.